The minimum absolute atomic E-state index is 0.144. The van der Waals surface area contributed by atoms with Gasteiger partial charge in [0.1, 0.15) is 5.82 Å². The zero-order valence-corrected chi connectivity index (χ0v) is 14.0. The Labute approximate surface area is 144 Å². The molecular weight excluding hydrogens is 331 g/mol. The molecule has 1 heterocycles. The number of benzene rings is 2. The topological polar surface area (TPSA) is 34.9 Å². The molecule has 23 heavy (non-hydrogen) atoms. The molecule has 2 aromatic carbocycles. The van der Waals surface area contributed by atoms with Gasteiger partial charge in [0.15, 0.2) is 0 Å². The van der Waals surface area contributed by atoms with Crippen molar-refractivity contribution >= 4 is 23.2 Å². The number of hydrogen-bond donors (Lipinski definition) is 0. The summed E-state index contributed by atoms with van der Waals surface area (Å²) in [5, 5.41) is 1.15. The summed E-state index contributed by atoms with van der Waals surface area (Å²) in [5.74, 6) is 0.555. The van der Waals surface area contributed by atoms with Gasteiger partial charge >= 0.3 is 0 Å². The highest BCUT2D eigenvalue weighted by molar-refractivity contribution is 6.31. The molecule has 0 aliphatic heterocycles. The molecule has 0 saturated heterocycles. The molecular formula is C18H14Cl2N2O. The predicted octanol–water partition coefficient (Wildman–Crippen LogP) is 4.77. The van der Waals surface area contributed by atoms with Gasteiger partial charge in [-0.1, -0.05) is 48.3 Å². The minimum atomic E-state index is -0.144. The van der Waals surface area contributed by atoms with Crippen LogP contribution in [0.4, 0.5) is 0 Å². The van der Waals surface area contributed by atoms with E-state index in [0.29, 0.717) is 28.0 Å². The third-order valence-corrected chi connectivity index (χ3v) is 3.95. The van der Waals surface area contributed by atoms with Crippen LogP contribution in [0.15, 0.2) is 59.4 Å². The molecule has 0 saturated carbocycles. The Bertz CT molecular complexity index is 919. The van der Waals surface area contributed by atoms with E-state index in [1.165, 1.54) is 0 Å². The molecule has 0 bridgehead atoms. The Morgan fingerprint density at radius 1 is 1.00 bits per heavy atom. The highest BCUT2D eigenvalue weighted by Crippen LogP contribution is 2.24. The van der Waals surface area contributed by atoms with E-state index in [0.717, 1.165) is 11.3 Å². The second-order valence-electron chi connectivity index (χ2n) is 5.09. The summed E-state index contributed by atoms with van der Waals surface area (Å²) in [6.07, 6.45) is 0.680. The quantitative estimate of drug-likeness (QED) is 0.685. The van der Waals surface area contributed by atoms with Crippen LogP contribution in [0.1, 0.15) is 12.6 Å². The maximum atomic E-state index is 12.6. The third kappa shape index (κ3) is 3.31. The first-order valence-corrected chi connectivity index (χ1v) is 7.99. The molecule has 3 aromatic rings. The Morgan fingerprint density at radius 2 is 1.70 bits per heavy atom. The zero-order chi connectivity index (χ0) is 16.4. The Hall–Kier alpha value is -2.10. The first kappa shape index (κ1) is 15.8. The lowest BCUT2D eigenvalue weighted by molar-refractivity contribution is 0.901. The Kier molecular flexibility index (Phi) is 4.51. The second-order valence-corrected chi connectivity index (χ2v) is 5.96. The summed E-state index contributed by atoms with van der Waals surface area (Å²) < 4.78 is 1.55. The van der Waals surface area contributed by atoms with Crippen LogP contribution in [-0.4, -0.2) is 9.55 Å². The molecule has 3 rings (SSSR count). The molecule has 0 spiro atoms. The van der Waals surface area contributed by atoms with E-state index in [2.05, 4.69) is 4.98 Å². The maximum Gasteiger partial charge on any atom is 0.258 e. The number of aryl methyl sites for hydroxylation is 1. The van der Waals surface area contributed by atoms with Gasteiger partial charge in [-0.25, -0.2) is 4.98 Å². The number of aromatic nitrogens is 2. The fourth-order valence-electron chi connectivity index (χ4n) is 2.40. The SMILES string of the molecule is CCc1cc(=O)n(-c2cccc(Cl)c2)c(-c2cccc(Cl)c2)n1. The van der Waals surface area contributed by atoms with Gasteiger partial charge in [-0.3, -0.25) is 9.36 Å². The van der Waals surface area contributed by atoms with Crippen LogP contribution < -0.4 is 5.56 Å². The smallest absolute Gasteiger partial charge is 0.258 e. The molecule has 0 amide bonds. The van der Waals surface area contributed by atoms with Crippen LogP contribution in [-0.2, 0) is 6.42 Å². The van der Waals surface area contributed by atoms with Crippen LogP contribution in [0.25, 0.3) is 17.1 Å². The zero-order valence-electron chi connectivity index (χ0n) is 12.5. The predicted molar refractivity (Wildman–Crippen MR) is 94.7 cm³/mol. The fourth-order valence-corrected chi connectivity index (χ4v) is 2.77. The lowest BCUT2D eigenvalue weighted by atomic mass is 10.2. The Morgan fingerprint density at radius 3 is 2.35 bits per heavy atom. The number of rotatable bonds is 3. The number of nitrogens with zero attached hydrogens (tertiary/aromatic N) is 2. The summed E-state index contributed by atoms with van der Waals surface area (Å²) in [4.78, 5) is 17.3. The molecule has 0 N–H and O–H groups in total. The van der Waals surface area contributed by atoms with Crippen molar-refractivity contribution in [3.63, 3.8) is 0 Å². The van der Waals surface area contributed by atoms with Crippen LogP contribution in [0.3, 0.4) is 0 Å². The molecule has 1 aromatic heterocycles. The van der Waals surface area contributed by atoms with Gasteiger partial charge in [-0.05, 0) is 36.8 Å². The Balaban J connectivity index is 2.32. The average molecular weight is 345 g/mol. The van der Waals surface area contributed by atoms with E-state index in [1.54, 1.807) is 41.0 Å². The van der Waals surface area contributed by atoms with Crippen molar-refractivity contribution < 1.29 is 0 Å². The molecule has 0 fully saturated rings. The highest BCUT2D eigenvalue weighted by atomic mass is 35.5. The molecule has 5 heteroatoms. The molecule has 0 aliphatic rings. The molecule has 0 aliphatic carbocycles. The van der Waals surface area contributed by atoms with Crippen molar-refractivity contribution in [1.29, 1.82) is 0 Å². The first-order chi connectivity index (χ1) is 11.1. The second kappa shape index (κ2) is 6.57. The van der Waals surface area contributed by atoms with Crippen molar-refractivity contribution in [3.8, 4) is 17.1 Å². The van der Waals surface area contributed by atoms with E-state index < -0.39 is 0 Å². The van der Waals surface area contributed by atoms with Crippen molar-refractivity contribution in [2.24, 2.45) is 0 Å². The first-order valence-electron chi connectivity index (χ1n) is 7.23. The fraction of sp³-hybridized carbons (Fsp3) is 0.111. The van der Waals surface area contributed by atoms with E-state index >= 15 is 0 Å². The third-order valence-electron chi connectivity index (χ3n) is 3.48. The van der Waals surface area contributed by atoms with E-state index in [1.807, 2.05) is 25.1 Å². The minimum Gasteiger partial charge on any atom is -0.269 e. The average Bonchev–Trinajstić information content (AvgIpc) is 2.54. The number of halogens is 2. The normalized spacial score (nSPS) is 10.7. The maximum absolute atomic E-state index is 12.6. The largest absolute Gasteiger partial charge is 0.269 e. The van der Waals surface area contributed by atoms with Crippen molar-refractivity contribution in [3.05, 3.63) is 80.7 Å². The van der Waals surface area contributed by atoms with Gasteiger partial charge < -0.3 is 0 Å². The highest BCUT2D eigenvalue weighted by Gasteiger charge is 2.13. The van der Waals surface area contributed by atoms with E-state index in [9.17, 15) is 4.79 Å². The van der Waals surface area contributed by atoms with Gasteiger partial charge in [-0.15, -0.1) is 0 Å². The molecule has 116 valence electrons. The lowest BCUT2D eigenvalue weighted by Gasteiger charge is -2.14. The van der Waals surface area contributed by atoms with Crippen LogP contribution in [0, 0.1) is 0 Å². The summed E-state index contributed by atoms with van der Waals surface area (Å²) in [5.41, 5.74) is 2.05. The van der Waals surface area contributed by atoms with Gasteiger partial charge in [0.05, 0.1) is 5.69 Å². The monoisotopic (exact) mass is 344 g/mol. The van der Waals surface area contributed by atoms with Crippen molar-refractivity contribution in [2.75, 3.05) is 0 Å². The van der Waals surface area contributed by atoms with E-state index in [-0.39, 0.29) is 5.56 Å². The van der Waals surface area contributed by atoms with Crippen molar-refractivity contribution in [1.82, 2.24) is 9.55 Å². The van der Waals surface area contributed by atoms with Crippen LogP contribution in [0.2, 0.25) is 10.0 Å². The van der Waals surface area contributed by atoms with Crippen molar-refractivity contribution in [2.45, 2.75) is 13.3 Å². The number of hydrogen-bond acceptors (Lipinski definition) is 2. The molecule has 0 unspecified atom stereocenters. The molecule has 0 radical (unpaired) electrons. The summed E-state index contributed by atoms with van der Waals surface area (Å²) in [7, 11) is 0. The van der Waals surface area contributed by atoms with Gasteiger partial charge in [0.2, 0.25) is 0 Å². The summed E-state index contributed by atoms with van der Waals surface area (Å²) in [6.45, 7) is 1.97. The van der Waals surface area contributed by atoms with E-state index in [4.69, 9.17) is 23.2 Å². The van der Waals surface area contributed by atoms with Gasteiger partial charge in [0, 0.05) is 27.4 Å². The molecule has 3 nitrogen and oxygen atoms in total. The van der Waals surface area contributed by atoms with Gasteiger partial charge in [0.25, 0.3) is 5.56 Å². The standard InChI is InChI=1S/C18H14Cl2N2O/c1-2-15-11-17(23)22(16-8-4-7-14(20)10-16)18(21-15)12-5-3-6-13(19)9-12/h3-11H,2H2,1H3. The molecule has 0 atom stereocenters. The van der Waals surface area contributed by atoms with Crippen LogP contribution >= 0.6 is 23.2 Å². The summed E-state index contributed by atoms with van der Waals surface area (Å²) >= 11 is 12.2. The van der Waals surface area contributed by atoms with Gasteiger partial charge in [-0.2, -0.15) is 0 Å². The lowest BCUT2D eigenvalue weighted by Crippen LogP contribution is -2.22. The van der Waals surface area contributed by atoms with Crippen LogP contribution in [0.5, 0.6) is 0 Å². The summed E-state index contributed by atoms with van der Waals surface area (Å²) in [6, 6.07) is 16.0.